The van der Waals surface area contributed by atoms with Crippen molar-refractivity contribution in [1.82, 2.24) is 4.57 Å². The molecule has 0 radical (unpaired) electrons. The minimum absolute atomic E-state index is 0.353. The van der Waals surface area contributed by atoms with E-state index in [4.69, 9.17) is 0 Å². The molecule has 1 heterocycles. The highest BCUT2D eigenvalue weighted by Crippen LogP contribution is 2.20. The molecule has 0 unspecified atom stereocenters. The number of halogens is 4. The second-order valence-corrected chi connectivity index (χ2v) is 5.04. The molecule has 1 aromatic carbocycles. The number of aromatic nitrogens is 1. The zero-order valence-electron chi connectivity index (χ0n) is 9.62. The van der Waals surface area contributed by atoms with Crippen molar-refractivity contribution in [2.75, 3.05) is 0 Å². The van der Waals surface area contributed by atoms with Gasteiger partial charge in [-0.3, -0.25) is 4.79 Å². The first kappa shape index (κ1) is 14.1. The molecule has 0 amide bonds. The Labute approximate surface area is 121 Å². The predicted octanol–water partition coefficient (Wildman–Crippen LogP) is 3.52. The van der Waals surface area contributed by atoms with Gasteiger partial charge in [-0.25, -0.2) is 13.2 Å². The monoisotopic (exact) mass is 379 g/mol. The summed E-state index contributed by atoms with van der Waals surface area (Å²) in [4.78, 5) is 11.9. The van der Waals surface area contributed by atoms with Crippen molar-refractivity contribution in [2.45, 2.75) is 13.0 Å². The quantitative estimate of drug-likeness (QED) is 0.749. The van der Waals surface area contributed by atoms with Gasteiger partial charge in [-0.05, 0) is 64.6 Å². The summed E-state index contributed by atoms with van der Waals surface area (Å²) < 4.78 is 39.4. The van der Waals surface area contributed by atoms with Gasteiger partial charge >= 0.3 is 0 Å². The van der Waals surface area contributed by atoms with Crippen molar-refractivity contribution >= 4 is 22.6 Å². The molecule has 0 aliphatic heterocycles. The van der Waals surface area contributed by atoms with Crippen molar-refractivity contribution in [3.63, 3.8) is 0 Å². The highest BCUT2D eigenvalue weighted by atomic mass is 127. The molecule has 6 heteroatoms. The van der Waals surface area contributed by atoms with E-state index in [9.17, 15) is 18.0 Å². The van der Waals surface area contributed by atoms with Gasteiger partial charge in [0.15, 0.2) is 0 Å². The predicted molar refractivity (Wildman–Crippen MR) is 74.8 cm³/mol. The molecule has 0 fully saturated rings. The molecule has 0 atom stereocenters. The Morgan fingerprint density at radius 2 is 1.74 bits per heavy atom. The topological polar surface area (TPSA) is 22.0 Å². The van der Waals surface area contributed by atoms with Crippen LogP contribution in [0.2, 0.25) is 0 Å². The summed E-state index contributed by atoms with van der Waals surface area (Å²) >= 11 is 1.80. The molecule has 100 valence electrons. The van der Waals surface area contributed by atoms with E-state index in [1.165, 1.54) is 24.3 Å². The summed E-state index contributed by atoms with van der Waals surface area (Å²) in [6, 6.07) is 8.51. The van der Waals surface area contributed by atoms with Crippen LogP contribution in [0.25, 0.3) is 11.3 Å². The van der Waals surface area contributed by atoms with Crippen molar-refractivity contribution in [1.29, 1.82) is 0 Å². The Morgan fingerprint density at radius 3 is 2.32 bits per heavy atom. The summed E-state index contributed by atoms with van der Waals surface area (Å²) in [6.07, 6.45) is -2.63. The molecule has 0 N–H and O–H groups in total. The summed E-state index contributed by atoms with van der Waals surface area (Å²) in [7, 11) is 0. The lowest BCUT2D eigenvalue weighted by Gasteiger charge is -2.13. The van der Waals surface area contributed by atoms with E-state index in [2.05, 4.69) is 0 Å². The fourth-order valence-corrected chi connectivity index (χ4v) is 2.21. The first-order valence-corrected chi connectivity index (χ1v) is 6.50. The maximum Gasteiger partial charge on any atom is 0.264 e. The van der Waals surface area contributed by atoms with Gasteiger partial charge in [-0.15, -0.1) is 0 Å². The third-order valence-corrected chi connectivity index (χ3v) is 3.41. The second kappa shape index (κ2) is 5.77. The fourth-order valence-electron chi connectivity index (χ4n) is 1.74. The normalized spacial score (nSPS) is 11.0. The zero-order valence-corrected chi connectivity index (χ0v) is 11.8. The third kappa shape index (κ3) is 3.17. The molecule has 1 aromatic heterocycles. The van der Waals surface area contributed by atoms with Gasteiger partial charge in [-0.2, -0.15) is 0 Å². The van der Waals surface area contributed by atoms with Gasteiger partial charge in [0, 0.05) is 0 Å². The minimum Gasteiger partial charge on any atom is -0.302 e. The SMILES string of the molecule is O=c1c(I)ccc(-c2ccc(F)cc2)n1CC(F)F. The first-order chi connectivity index (χ1) is 8.99. The van der Waals surface area contributed by atoms with E-state index in [0.717, 1.165) is 4.57 Å². The number of nitrogens with zero attached hydrogens (tertiary/aromatic N) is 1. The van der Waals surface area contributed by atoms with Gasteiger partial charge in [0.2, 0.25) is 0 Å². The average Bonchev–Trinajstić information content (AvgIpc) is 2.36. The highest BCUT2D eigenvalue weighted by molar-refractivity contribution is 14.1. The number of hydrogen-bond donors (Lipinski definition) is 0. The van der Waals surface area contributed by atoms with Crippen molar-refractivity contribution in [2.24, 2.45) is 0 Å². The van der Waals surface area contributed by atoms with E-state index < -0.39 is 24.3 Å². The summed E-state index contributed by atoms with van der Waals surface area (Å²) in [5, 5.41) is 0. The lowest BCUT2D eigenvalue weighted by molar-refractivity contribution is 0.126. The van der Waals surface area contributed by atoms with E-state index in [0.29, 0.717) is 14.8 Å². The number of alkyl halides is 2. The van der Waals surface area contributed by atoms with Gasteiger partial charge < -0.3 is 4.57 Å². The fraction of sp³-hybridized carbons (Fsp3) is 0.154. The van der Waals surface area contributed by atoms with E-state index >= 15 is 0 Å². The van der Waals surface area contributed by atoms with Gasteiger partial charge in [0.25, 0.3) is 12.0 Å². The van der Waals surface area contributed by atoms with Crippen molar-refractivity contribution in [3.05, 3.63) is 56.1 Å². The smallest absolute Gasteiger partial charge is 0.264 e. The molecular formula is C13H9F3INO. The molecule has 0 saturated heterocycles. The summed E-state index contributed by atoms with van der Waals surface area (Å²) in [6.45, 7) is -0.678. The summed E-state index contributed by atoms with van der Waals surface area (Å²) in [5.41, 5.74) is 0.406. The number of pyridine rings is 1. The molecule has 19 heavy (non-hydrogen) atoms. The Kier molecular flexibility index (Phi) is 4.28. The molecule has 0 spiro atoms. The molecule has 2 nitrogen and oxygen atoms in total. The maximum absolute atomic E-state index is 12.9. The number of hydrogen-bond acceptors (Lipinski definition) is 1. The van der Waals surface area contributed by atoms with Crippen LogP contribution >= 0.6 is 22.6 Å². The van der Waals surface area contributed by atoms with E-state index in [1.54, 1.807) is 34.7 Å². The van der Waals surface area contributed by atoms with Crippen LogP contribution in [-0.2, 0) is 6.54 Å². The first-order valence-electron chi connectivity index (χ1n) is 5.42. The van der Waals surface area contributed by atoms with Crippen LogP contribution in [0.5, 0.6) is 0 Å². The van der Waals surface area contributed by atoms with Crippen LogP contribution < -0.4 is 5.56 Å². The molecule has 2 aromatic rings. The van der Waals surface area contributed by atoms with E-state index in [1.807, 2.05) is 0 Å². The van der Waals surface area contributed by atoms with Gasteiger partial charge in [0.1, 0.15) is 5.82 Å². The highest BCUT2D eigenvalue weighted by Gasteiger charge is 2.13. The van der Waals surface area contributed by atoms with Crippen LogP contribution in [0, 0.1) is 9.39 Å². The Hall–Kier alpha value is -1.31. The van der Waals surface area contributed by atoms with Crippen molar-refractivity contribution < 1.29 is 13.2 Å². The van der Waals surface area contributed by atoms with Gasteiger partial charge in [0.05, 0.1) is 15.8 Å². The van der Waals surface area contributed by atoms with Gasteiger partial charge in [-0.1, -0.05) is 0 Å². The average molecular weight is 379 g/mol. The van der Waals surface area contributed by atoms with Crippen LogP contribution in [0.15, 0.2) is 41.2 Å². The molecule has 0 bridgehead atoms. The van der Waals surface area contributed by atoms with E-state index in [-0.39, 0.29) is 0 Å². The van der Waals surface area contributed by atoms with Crippen LogP contribution in [-0.4, -0.2) is 11.0 Å². The second-order valence-electron chi connectivity index (χ2n) is 3.88. The molecule has 0 aliphatic carbocycles. The largest absolute Gasteiger partial charge is 0.302 e. The van der Waals surface area contributed by atoms with Crippen LogP contribution in [0.1, 0.15) is 0 Å². The Bertz CT molecular complexity index is 637. The maximum atomic E-state index is 12.9. The lowest BCUT2D eigenvalue weighted by Crippen LogP contribution is -2.26. The Balaban J connectivity index is 2.59. The van der Waals surface area contributed by atoms with Crippen LogP contribution in [0.4, 0.5) is 13.2 Å². The summed E-state index contributed by atoms with van der Waals surface area (Å²) in [5.74, 6) is -0.419. The molecule has 0 aliphatic rings. The Morgan fingerprint density at radius 1 is 1.11 bits per heavy atom. The number of benzene rings is 1. The molecular weight excluding hydrogens is 370 g/mol. The third-order valence-electron chi connectivity index (χ3n) is 2.59. The minimum atomic E-state index is -2.63. The zero-order chi connectivity index (χ0) is 14.0. The standard InChI is InChI=1S/C13H9F3INO/c14-9-3-1-8(2-4-9)11-6-5-10(17)13(19)18(11)7-12(15)16/h1-6,12H,7H2. The van der Waals surface area contributed by atoms with Crippen molar-refractivity contribution in [3.8, 4) is 11.3 Å². The number of rotatable bonds is 3. The molecule has 2 rings (SSSR count). The lowest BCUT2D eigenvalue weighted by atomic mass is 10.1. The molecule has 0 saturated carbocycles. The van der Waals surface area contributed by atoms with Crippen LogP contribution in [0.3, 0.4) is 0 Å².